The molecule has 2 aromatic carbocycles. The number of fused-ring (bicyclic) bond motifs is 1. The van der Waals surface area contributed by atoms with Crippen LogP contribution in [0.1, 0.15) is 16.2 Å². The monoisotopic (exact) mass is 399 g/mol. The van der Waals surface area contributed by atoms with Crippen LogP contribution in [0, 0.1) is 18.6 Å². The molecule has 8 heteroatoms. The third kappa shape index (κ3) is 3.32. The highest BCUT2D eigenvalue weighted by atomic mass is 35.5. The molecule has 2 heterocycles. The van der Waals surface area contributed by atoms with Crippen molar-refractivity contribution in [1.29, 1.82) is 0 Å². The van der Waals surface area contributed by atoms with Crippen molar-refractivity contribution in [2.45, 2.75) is 6.92 Å². The Hall–Kier alpha value is -3.32. The first kappa shape index (κ1) is 18.1. The lowest BCUT2D eigenvalue weighted by Crippen LogP contribution is -2.16. The molecule has 0 saturated heterocycles. The van der Waals surface area contributed by atoms with Gasteiger partial charge in [0.05, 0.1) is 17.4 Å². The summed E-state index contributed by atoms with van der Waals surface area (Å²) in [4.78, 5) is 19.7. The van der Waals surface area contributed by atoms with Crippen LogP contribution in [-0.2, 0) is 0 Å². The molecule has 4 rings (SSSR count). The number of hydrogen-bond donors (Lipinski definition) is 1. The molecule has 0 bridgehead atoms. The van der Waals surface area contributed by atoms with Crippen LogP contribution in [-0.4, -0.2) is 15.9 Å². The summed E-state index contributed by atoms with van der Waals surface area (Å²) in [5.74, 6) is -2.42. The number of benzene rings is 2. The minimum atomic E-state index is -1.03. The van der Waals surface area contributed by atoms with Crippen LogP contribution >= 0.6 is 11.6 Å². The summed E-state index contributed by atoms with van der Waals surface area (Å²) in [7, 11) is 0. The van der Waals surface area contributed by atoms with E-state index in [-0.39, 0.29) is 0 Å². The van der Waals surface area contributed by atoms with Crippen LogP contribution < -0.4 is 5.32 Å². The van der Waals surface area contributed by atoms with Gasteiger partial charge in [0.1, 0.15) is 11.1 Å². The topological polar surface area (TPSA) is 68.0 Å². The average Bonchev–Trinajstić information content (AvgIpc) is 3.00. The van der Waals surface area contributed by atoms with Gasteiger partial charge in [-0.2, -0.15) is 0 Å². The van der Waals surface area contributed by atoms with Gasteiger partial charge < -0.3 is 9.73 Å². The first-order chi connectivity index (χ1) is 13.4. The highest BCUT2D eigenvalue weighted by molar-refractivity contribution is 6.34. The maximum absolute atomic E-state index is 13.7. The molecule has 0 saturated carbocycles. The lowest BCUT2D eigenvalue weighted by Gasteiger charge is -2.09. The van der Waals surface area contributed by atoms with Crippen LogP contribution in [0.2, 0.25) is 5.02 Å². The van der Waals surface area contributed by atoms with E-state index in [0.717, 1.165) is 23.5 Å². The van der Waals surface area contributed by atoms with Crippen molar-refractivity contribution in [2.75, 3.05) is 5.32 Å². The maximum Gasteiger partial charge on any atom is 0.261 e. The highest BCUT2D eigenvalue weighted by Gasteiger charge is 2.18. The second-order valence-electron chi connectivity index (χ2n) is 6.04. The molecule has 0 aliphatic rings. The summed E-state index contributed by atoms with van der Waals surface area (Å²) in [6.45, 7) is 1.75. The number of aryl methyl sites for hydroxylation is 1. The van der Waals surface area contributed by atoms with Gasteiger partial charge in [0, 0.05) is 18.2 Å². The number of anilines is 1. The lowest BCUT2D eigenvalue weighted by atomic mass is 10.0. The summed E-state index contributed by atoms with van der Waals surface area (Å²) in [5, 5.41) is 2.96. The van der Waals surface area contributed by atoms with E-state index in [2.05, 4.69) is 15.3 Å². The molecule has 0 aliphatic heterocycles. The number of halogens is 3. The fourth-order valence-corrected chi connectivity index (χ4v) is 3.11. The molecule has 28 heavy (non-hydrogen) atoms. The van der Waals surface area contributed by atoms with E-state index in [1.807, 2.05) is 0 Å². The van der Waals surface area contributed by atoms with Gasteiger partial charge in [-0.15, -0.1) is 0 Å². The predicted octanol–water partition coefficient (Wildman–Crippen LogP) is 5.38. The molecule has 0 radical (unpaired) electrons. The fraction of sp³-hybridized carbons (Fsp3) is 0.0500. The van der Waals surface area contributed by atoms with Crippen LogP contribution in [0.15, 0.2) is 53.2 Å². The molecular weight excluding hydrogens is 388 g/mol. The minimum absolute atomic E-state index is 0.372. The second kappa shape index (κ2) is 7.01. The number of carbonyl (C=O) groups excluding carboxylic acids is 1. The van der Waals surface area contributed by atoms with Gasteiger partial charge in [-0.25, -0.2) is 13.8 Å². The van der Waals surface area contributed by atoms with E-state index in [9.17, 15) is 13.6 Å². The number of oxazole rings is 1. The zero-order chi connectivity index (χ0) is 19.8. The number of amides is 1. The van der Waals surface area contributed by atoms with Gasteiger partial charge in [0.15, 0.2) is 23.1 Å². The highest BCUT2D eigenvalue weighted by Crippen LogP contribution is 2.33. The molecule has 2 aromatic heterocycles. The third-order valence-electron chi connectivity index (χ3n) is 4.12. The van der Waals surface area contributed by atoms with Crippen molar-refractivity contribution < 1.29 is 18.0 Å². The number of hydrogen-bond acceptors (Lipinski definition) is 4. The predicted molar refractivity (Wildman–Crippen MR) is 101 cm³/mol. The summed E-state index contributed by atoms with van der Waals surface area (Å²) < 4.78 is 32.9. The van der Waals surface area contributed by atoms with Gasteiger partial charge in [-0.1, -0.05) is 23.7 Å². The van der Waals surface area contributed by atoms with E-state index in [1.54, 1.807) is 43.3 Å². The Morgan fingerprint density at radius 3 is 2.46 bits per heavy atom. The quantitative estimate of drug-likeness (QED) is 0.502. The van der Waals surface area contributed by atoms with Crippen LogP contribution in [0.5, 0.6) is 0 Å². The number of rotatable bonds is 3. The smallest absolute Gasteiger partial charge is 0.261 e. The van der Waals surface area contributed by atoms with Crippen molar-refractivity contribution in [1.82, 2.24) is 9.97 Å². The maximum atomic E-state index is 13.7. The number of nitrogens with zero attached hydrogens (tertiary/aromatic N) is 2. The Morgan fingerprint density at radius 2 is 1.79 bits per heavy atom. The molecule has 1 amide bonds. The fourth-order valence-electron chi connectivity index (χ4n) is 2.84. The van der Waals surface area contributed by atoms with Crippen molar-refractivity contribution in [3.05, 3.63) is 76.9 Å². The number of aromatic nitrogens is 2. The van der Waals surface area contributed by atoms with E-state index in [4.69, 9.17) is 16.0 Å². The molecule has 0 aliphatic carbocycles. The molecule has 0 fully saturated rings. The second-order valence-corrected chi connectivity index (χ2v) is 6.45. The van der Waals surface area contributed by atoms with Crippen LogP contribution in [0.3, 0.4) is 0 Å². The van der Waals surface area contributed by atoms with Crippen LogP contribution in [0.4, 0.5) is 14.5 Å². The van der Waals surface area contributed by atoms with Crippen molar-refractivity contribution >= 4 is 34.3 Å². The third-order valence-corrected chi connectivity index (χ3v) is 4.43. The Kier molecular flexibility index (Phi) is 4.52. The normalized spacial score (nSPS) is 11.0. The number of carbonyl (C=O) groups is 1. The summed E-state index contributed by atoms with van der Waals surface area (Å²) in [6, 6.07) is 10.2. The zero-order valence-electron chi connectivity index (χ0n) is 14.5. The number of nitrogens with one attached hydrogen (secondary N) is 1. The Bertz CT molecular complexity index is 1190. The minimum Gasteiger partial charge on any atom is -0.441 e. The van der Waals surface area contributed by atoms with Gasteiger partial charge >= 0.3 is 0 Å². The largest absolute Gasteiger partial charge is 0.441 e. The van der Waals surface area contributed by atoms with E-state index >= 15 is 0 Å². The lowest BCUT2D eigenvalue weighted by molar-refractivity contribution is 0.101. The van der Waals surface area contributed by atoms with E-state index < -0.39 is 23.1 Å². The first-order valence-electron chi connectivity index (χ1n) is 8.20. The van der Waals surface area contributed by atoms with Crippen LogP contribution in [0.25, 0.3) is 22.2 Å². The van der Waals surface area contributed by atoms with Gasteiger partial charge in [-0.05, 0) is 29.8 Å². The van der Waals surface area contributed by atoms with Crippen molar-refractivity contribution in [3.63, 3.8) is 0 Å². The molecule has 140 valence electrons. The molecular formula is C20H12ClF2N3O2. The SMILES string of the molecule is Cc1nc2cc(Cl)c(-c3ccc(NC(=O)c4c(F)cncc4F)cc3)cc2o1. The average molecular weight is 400 g/mol. The molecule has 5 nitrogen and oxygen atoms in total. The molecule has 0 atom stereocenters. The van der Waals surface area contributed by atoms with E-state index in [1.165, 1.54) is 0 Å². The summed E-state index contributed by atoms with van der Waals surface area (Å²) in [5.41, 5.74) is 2.47. The van der Waals surface area contributed by atoms with Crippen molar-refractivity contribution in [2.24, 2.45) is 0 Å². The van der Waals surface area contributed by atoms with Gasteiger partial charge in [-0.3, -0.25) is 9.78 Å². The Balaban J connectivity index is 1.61. The Morgan fingerprint density at radius 1 is 1.11 bits per heavy atom. The zero-order valence-corrected chi connectivity index (χ0v) is 15.2. The van der Waals surface area contributed by atoms with Crippen molar-refractivity contribution in [3.8, 4) is 11.1 Å². The standard InChI is InChI=1S/C20H12ClF2N3O2/c1-10-25-17-7-14(21)13(6-18(17)28-10)11-2-4-12(5-3-11)26-20(27)19-15(22)8-24-9-16(19)23/h2-9H,1H3,(H,26,27). The van der Waals surface area contributed by atoms with Gasteiger partial charge in [0.2, 0.25) is 0 Å². The van der Waals surface area contributed by atoms with E-state index in [0.29, 0.717) is 27.7 Å². The molecule has 0 spiro atoms. The molecule has 4 aromatic rings. The first-order valence-corrected chi connectivity index (χ1v) is 8.57. The summed E-state index contributed by atoms with van der Waals surface area (Å²) >= 11 is 6.35. The van der Waals surface area contributed by atoms with Gasteiger partial charge in [0.25, 0.3) is 5.91 Å². The summed E-state index contributed by atoms with van der Waals surface area (Å²) in [6.07, 6.45) is 1.56. The Labute approximate surface area is 163 Å². The molecule has 1 N–H and O–H groups in total. The number of pyridine rings is 1. The molecule has 0 unspecified atom stereocenters.